The van der Waals surface area contributed by atoms with Gasteiger partial charge in [-0.25, -0.2) is 4.79 Å². The van der Waals surface area contributed by atoms with Gasteiger partial charge in [0, 0.05) is 25.2 Å². The summed E-state index contributed by atoms with van der Waals surface area (Å²) in [6.07, 6.45) is 6.24. The lowest BCUT2D eigenvalue weighted by Crippen LogP contribution is -2.48. The highest BCUT2D eigenvalue weighted by atomic mass is 16.2. The molecule has 0 bridgehead atoms. The molecule has 1 saturated carbocycles. The van der Waals surface area contributed by atoms with Crippen molar-refractivity contribution in [1.29, 1.82) is 0 Å². The Morgan fingerprint density at radius 2 is 2.00 bits per heavy atom. The number of primary amides is 1. The fourth-order valence-corrected chi connectivity index (χ4v) is 2.59. The summed E-state index contributed by atoms with van der Waals surface area (Å²) in [5.74, 6) is 0.980. The predicted molar refractivity (Wildman–Crippen MR) is 64.1 cm³/mol. The van der Waals surface area contributed by atoms with E-state index in [4.69, 9.17) is 5.73 Å². The molecule has 1 saturated heterocycles. The second-order valence-electron chi connectivity index (χ2n) is 5.35. The highest BCUT2D eigenvalue weighted by Gasteiger charge is 2.26. The van der Waals surface area contributed by atoms with Gasteiger partial charge < -0.3 is 16.0 Å². The number of carbonyl (C=O) groups excluding carboxylic acids is 1. The van der Waals surface area contributed by atoms with Gasteiger partial charge in [0.2, 0.25) is 0 Å². The van der Waals surface area contributed by atoms with Gasteiger partial charge in [0.25, 0.3) is 0 Å². The van der Waals surface area contributed by atoms with E-state index >= 15 is 0 Å². The van der Waals surface area contributed by atoms with Crippen LogP contribution in [0, 0.1) is 5.92 Å². The van der Waals surface area contributed by atoms with Gasteiger partial charge in [0.15, 0.2) is 0 Å². The first-order chi connectivity index (χ1) is 7.65. The topological polar surface area (TPSA) is 58.4 Å². The molecule has 0 aromatic heterocycles. The monoisotopic (exact) mass is 225 g/mol. The molecule has 1 atom stereocenters. The summed E-state index contributed by atoms with van der Waals surface area (Å²) in [4.78, 5) is 12.7. The lowest BCUT2D eigenvalue weighted by Gasteiger charge is -2.33. The number of nitrogens with two attached hydrogens (primary N) is 1. The molecule has 92 valence electrons. The number of carbonyl (C=O) groups is 1. The molecular weight excluding hydrogens is 202 g/mol. The first-order valence-electron chi connectivity index (χ1n) is 6.45. The standard InChI is InChI=1S/C12H23N3O/c1-9(8-10-2-3-10)14-11-4-6-15(7-5-11)12(13)16/h9-11,14H,2-8H2,1H3,(H2,13,16). The fraction of sp³-hybridized carbons (Fsp3) is 0.917. The number of rotatable bonds is 4. The molecule has 2 aliphatic rings. The third-order valence-electron chi connectivity index (χ3n) is 3.71. The van der Waals surface area contributed by atoms with Crippen LogP contribution >= 0.6 is 0 Å². The van der Waals surface area contributed by atoms with Gasteiger partial charge >= 0.3 is 6.03 Å². The van der Waals surface area contributed by atoms with Crippen LogP contribution in [-0.4, -0.2) is 36.1 Å². The summed E-state index contributed by atoms with van der Waals surface area (Å²) >= 11 is 0. The number of hydrogen-bond acceptors (Lipinski definition) is 2. The molecule has 1 aliphatic carbocycles. The predicted octanol–water partition coefficient (Wildman–Crippen LogP) is 1.31. The lowest BCUT2D eigenvalue weighted by molar-refractivity contribution is 0.182. The van der Waals surface area contributed by atoms with E-state index in [0.29, 0.717) is 12.1 Å². The summed E-state index contributed by atoms with van der Waals surface area (Å²) < 4.78 is 0. The summed E-state index contributed by atoms with van der Waals surface area (Å²) in [6, 6.07) is 0.923. The SMILES string of the molecule is CC(CC1CC1)NC1CCN(C(N)=O)CC1. The summed E-state index contributed by atoms with van der Waals surface area (Å²) in [5.41, 5.74) is 5.25. The molecule has 3 N–H and O–H groups in total. The first-order valence-corrected chi connectivity index (χ1v) is 6.45. The molecule has 1 unspecified atom stereocenters. The molecule has 0 aromatic rings. The largest absolute Gasteiger partial charge is 0.351 e. The molecular formula is C12H23N3O. The minimum Gasteiger partial charge on any atom is -0.351 e. The van der Waals surface area contributed by atoms with E-state index in [9.17, 15) is 4.79 Å². The highest BCUT2D eigenvalue weighted by Crippen LogP contribution is 2.33. The number of hydrogen-bond donors (Lipinski definition) is 2. The van der Waals surface area contributed by atoms with E-state index in [1.807, 2.05) is 0 Å². The van der Waals surface area contributed by atoms with Gasteiger partial charge in [0.05, 0.1) is 0 Å². The Bertz CT molecular complexity index is 245. The van der Waals surface area contributed by atoms with Crippen molar-refractivity contribution in [3.63, 3.8) is 0 Å². The van der Waals surface area contributed by atoms with Crippen molar-refractivity contribution >= 4 is 6.03 Å². The van der Waals surface area contributed by atoms with Gasteiger partial charge in [-0.05, 0) is 32.1 Å². The van der Waals surface area contributed by atoms with Gasteiger partial charge in [0.1, 0.15) is 0 Å². The van der Waals surface area contributed by atoms with Crippen LogP contribution < -0.4 is 11.1 Å². The van der Waals surface area contributed by atoms with E-state index in [0.717, 1.165) is 31.8 Å². The van der Waals surface area contributed by atoms with Crippen molar-refractivity contribution in [2.75, 3.05) is 13.1 Å². The molecule has 0 radical (unpaired) electrons. The number of amides is 2. The van der Waals surface area contributed by atoms with Crippen LogP contribution in [0.5, 0.6) is 0 Å². The smallest absolute Gasteiger partial charge is 0.314 e. The van der Waals surface area contributed by atoms with Crippen molar-refractivity contribution < 1.29 is 4.79 Å². The molecule has 0 aromatic carbocycles. The lowest BCUT2D eigenvalue weighted by atomic mass is 10.0. The van der Waals surface area contributed by atoms with Crippen LogP contribution in [-0.2, 0) is 0 Å². The van der Waals surface area contributed by atoms with Crippen LogP contribution in [0.4, 0.5) is 4.79 Å². The van der Waals surface area contributed by atoms with E-state index in [1.54, 1.807) is 4.90 Å². The van der Waals surface area contributed by atoms with E-state index < -0.39 is 0 Å². The second-order valence-corrected chi connectivity index (χ2v) is 5.35. The van der Waals surface area contributed by atoms with E-state index in [2.05, 4.69) is 12.2 Å². The maximum absolute atomic E-state index is 11.0. The molecule has 4 nitrogen and oxygen atoms in total. The molecule has 2 rings (SSSR count). The summed E-state index contributed by atoms with van der Waals surface area (Å²) in [7, 11) is 0. The van der Waals surface area contributed by atoms with Crippen molar-refractivity contribution in [3.8, 4) is 0 Å². The summed E-state index contributed by atoms with van der Waals surface area (Å²) in [6.45, 7) is 3.89. The van der Waals surface area contributed by atoms with E-state index in [1.165, 1.54) is 19.3 Å². The Morgan fingerprint density at radius 1 is 1.38 bits per heavy atom. The molecule has 0 spiro atoms. The molecule has 2 amide bonds. The zero-order valence-corrected chi connectivity index (χ0v) is 10.1. The molecule has 1 aliphatic heterocycles. The van der Waals surface area contributed by atoms with Crippen LogP contribution in [0.3, 0.4) is 0 Å². The van der Waals surface area contributed by atoms with Gasteiger partial charge in [-0.3, -0.25) is 0 Å². The molecule has 2 fully saturated rings. The van der Waals surface area contributed by atoms with Gasteiger partial charge in [-0.2, -0.15) is 0 Å². The summed E-state index contributed by atoms with van der Waals surface area (Å²) in [5, 5.41) is 3.67. The van der Waals surface area contributed by atoms with Crippen LogP contribution in [0.1, 0.15) is 39.0 Å². The number of likely N-dealkylation sites (tertiary alicyclic amines) is 1. The van der Waals surface area contributed by atoms with Gasteiger partial charge in [-0.1, -0.05) is 12.8 Å². The average molecular weight is 225 g/mol. The zero-order chi connectivity index (χ0) is 11.5. The van der Waals surface area contributed by atoms with Crippen LogP contribution in [0.15, 0.2) is 0 Å². The first kappa shape index (κ1) is 11.7. The molecule has 1 heterocycles. The zero-order valence-electron chi connectivity index (χ0n) is 10.1. The van der Waals surface area contributed by atoms with Crippen molar-refractivity contribution in [2.45, 2.75) is 51.1 Å². The van der Waals surface area contributed by atoms with Crippen molar-refractivity contribution in [1.82, 2.24) is 10.2 Å². The third-order valence-corrected chi connectivity index (χ3v) is 3.71. The number of nitrogens with zero attached hydrogens (tertiary/aromatic N) is 1. The minimum absolute atomic E-state index is 0.274. The fourth-order valence-electron chi connectivity index (χ4n) is 2.59. The van der Waals surface area contributed by atoms with Gasteiger partial charge in [-0.15, -0.1) is 0 Å². The van der Waals surface area contributed by atoms with Crippen LogP contribution in [0.25, 0.3) is 0 Å². The molecule has 4 heteroatoms. The Morgan fingerprint density at radius 3 is 2.50 bits per heavy atom. The number of urea groups is 1. The maximum atomic E-state index is 11.0. The van der Waals surface area contributed by atoms with Crippen LogP contribution in [0.2, 0.25) is 0 Å². The molecule has 16 heavy (non-hydrogen) atoms. The second kappa shape index (κ2) is 5.04. The van der Waals surface area contributed by atoms with Crippen molar-refractivity contribution in [2.24, 2.45) is 11.7 Å². The number of nitrogens with one attached hydrogen (secondary N) is 1. The number of piperidine rings is 1. The Balaban J connectivity index is 1.65. The van der Waals surface area contributed by atoms with Crippen molar-refractivity contribution in [3.05, 3.63) is 0 Å². The Kier molecular flexibility index (Phi) is 3.69. The highest BCUT2D eigenvalue weighted by molar-refractivity contribution is 5.72. The Hall–Kier alpha value is -0.770. The average Bonchev–Trinajstić information content (AvgIpc) is 3.02. The normalized spacial score (nSPS) is 24.4. The quantitative estimate of drug-likeness (QED) is 0.758. The third kappa shape index (κ3) is 3.37. The Labute approximate surface area is 97.6 Å². The van der Waals surface area contributed by atoms with E-state index in [-0.39, 0.29) is 6.03 Å². The minimum atomic E-state index is -0.274. The maximum Gasteiger partial charge on any atom is 0.314 e.